The number of hydrogen-bond acceptors (Lipinski definition) is 10. The third-order valence-corrected chi connectivity index (χ3v) is 7.43. The minimum Gasteiger partial charge on any atom is -0.488 e. The SMILES string of the molecule is Cc1ccc2c(c1C#Cc1cn([C@@H]3C[C@@H](COS(N)(=O)=O)[C@@H](O)[C@H]3O)c3ncnc(N)c13)OCCN2C. The third-order valence-electron chi connectivity index (χ3n) is 6.97. The highest BCUT2D eigenvalue weighted by Gasteiger charge is 2.43. The highest BCUT2D eigenvalue weighted by Crippen LogP contribution is 2.39. The van der Waals surface area contributed by atoms with Gasteiger partial charge in [-0.05, 0) is 25.0 Å². The van der Waals surface area contributed by atoms with Gasteiger partial charge in [0.05, 0.1) is 47.5 Å². The van der Waals surface area contributed by atoms with Crippen LogP contribution in [-0.2, 0) is 14.5 Å². The quantitative estimate of drug-likeness (QED) is 0.338. The van der Waals surface area contributed by atoms with Gasteiger partial charge in [-0.2, -0.15) is 8.42 Å². The molecule has 1 fully saturated rings. The zero-order valence-electron chi connectivity index (χ0n) is 20.3. The molecule has 6 N–H and O–H groups in total. The minimum absolute atomic E-state index is 0.212. The second-order valence-electron chi connectivity index (χ2n) is 9.35. The summed E-state index contributed by atoms with van der Waals surface area (Å²) in [6.45, 7) is 2.94. The maximum absolute atomic E-state index is 11.2. The first-order valence-electron chi connectivity index (χ1n) is 11.7. The molecule has 2 aliphatic rings. The number of likely N-dealkylation sites (N-methyl/N-ethyl adjacent to an activating group) is 1. The number of aromatic nitrogens is 3. The predicted molar refractivity (Wildman–Crippen MR) is 136 cm³/mol. The molecule has 2 aromatic heterocycles. The third kappa shape index (κ3) is 4.70. The number of hydrogen-bond donors (Lipinski definition) is 4. The number of rotatable bonds is 4. The molecule has 5 rings (SSSR count). The topological polar surface area (TPSA) is 179 Å². The van der Waals surface area contributed by atoms with Gasteiger partial charge in [-0.25, -0.2) is 15.1 Å². The van der Waals surface area contributed by atoms with Crippen LogP contribution < -0.4 is 20.5 Å². The van der Waals surface area contributed by atoms with E-state index >= 15 is 0 Å². The Bertz CT molecular complexity index is 1530. The molecule has 1 saturated carbocycles. The Kier molecular flexibility index (Phi) is 6.47. The molecule has 0 amide bonds. The Labute approximate surface area is 214 Å². The lowest BCUT2D eigenvalue weighted by atomic mass is 10.0. The van der Waals surface area contributed by atoms with Gasteiger partial charge in [-0.3, -0.25) is 4.18 Å². The van der Waals surface area contributed by atoms with Crippen LogP contribution in [0.4, 0.5) is 11.5 Å². The van der Waals surface area contributed by atoms with Gasteiger partial charge < -0.3 is 30.2 Å². The van der Waals surface area contributed by atoms with Gasteiger partial charge >= 0.3 is 10.3 Å². The fraction of sp³-hybridized carbons (Fsp3) is 0.417. The molecule has 0 bridgehead atoms. The summed E-state index contributed by atoms with van der Waals surface area (Å²) in [5.41, 5.74) is 9.86. The van der Waals surface area contributed by atoms with Crippen molar-refractivity contribution in [3.05, 3.63) is 41.3 Å². The van der Waals surface area contributed by atoms with E-state index in [1.165, 1.54) is 6.33 Å². The van der Waals surface area contributed by atoms with E-state index in [0.29, 0.717) is 23.2 Å². The molecule has 1 aromatic carbocycles. The Morgan fingerprint density at radius 3 is 2.78 bits per heavy atom. The molecule has 1 aliphatic carbocycles. The van der Waals surface area contributed by atoms with Gasteiger partial charge in [0.1, 0.15) is 30.5 Å². The van der Waals surface area contributed by atoms with Crippen LogP contribution in [0.2, 0.25) is 0 Å². The van der Waals surface area contributed by atoms with E-state index in [-0.39, 0.29) is 18.8 Å². The molecular formula is C24H28N6O6S. The van der Waals surface area contributed by atoms with Crippen molar-refractivity contribution in [3.63, 3.8) is 0 Å². The van der Waals surface area contributed by atoms with Crippen molar-refractivity contribution in [2.75, 3.05) is 37.4 Å². The lowest BCUT2D eigenvalue weighted by molar-refractivity contribution is -0.000936. The van der Waals surface area contributed by atoms with Gasteiger partial charge in [-0.1, -0.05) is 17.9 Å². The summed E-state index contributed by atoms with van der Waals surface area (Å²) in [5, 5.41) is 26.8. The summed E-state index contributed by atoms with van der Waals surface area (Å²) in [6, 6.07) is 3.37. The molecule has 196 valence electrons. The van der Waals surface area contributed by atoms with Crippen molar-refractivity contribution < 1.29 is 27.6 Å². The average Bonchev–Trinajstić information content (AvgIpc) is 3.35. The number of nitrogens with zero attached hydrogens (tertiary/aromatic N) is 4. The van der Waals surface area contributed by atoms with Crippen LogP contribution in [0.3, 0.4) is 0 Å². The standard InChI is InChI=1S/C24H28N6O6S/c1-13-3-6-17-22(35-8-7-29(17)2)16(13)5-4-14-10-30(24-19(14)23(25)27-12-28-24)18-9-15(20(31)21(18)32)11-36-37(26,33)34/h3,6,10,12,15,18,20-21,31-32H,7-9,11H2,1-2H3,(H2,25,27,28)(H2,26,33,34)/t15-,18+,20+,21-/m0/s1. The van der Waals surface area contributed by atoms with Crippen LogP contribution in [0.5, 0.6) is 5.75 Å². The number of nitrogens with two attached hydrogens (primary N) is 2. The first-order chi connectivity index (χ1) is 17.5. The van der Waals surface area contributed by atoms with Gasteiger partial charge in [0.25, 0.3) is 0 Å². The highest BCUT2D eigenvalue weighted by molar-refractivity contribution is 7.84. The van der Waals surface area contributed by atoms with E-state index in [0.717, 1.165) is 29.1 Å². The van der Waals surface area contributed by atoms with Crippen molar-refractivity contribution in [1.82, 2.24) is 14.5 Å². The van der Waals surface area contributed by atoms with Crippen LogP contribution in [0.25, 0.3) is 11.0 Å². The molecule has 0 unspecified atom stereocenters. The van der Waals surface area contributed by atoms with Crippen LogP contribution in [0, 0.1) is 24.7 Å². The van der Waals surface area contributed by atoms with Crippen molar-refractivity contribution >= 4 is 32.8 Å². The molecule has 13 heteroatoms. The van der Waals surface area contributed by atoms with E-state index in [1.807, 2.05) is 26.1 Å². The zero-order valence-corrected chi connectivity index (χ0v) is 21.1. The summed E-state index contributed by atoms with van der Waals surface area (Å²) < 4.78 is 34.7. The van der Waals surface area contributed by atoms with Crippen LogP contribution in [0.1, 0.15) is 29.2 Å². The van der Waals surface area contributed by atoms with E-state index in [9.17, 15) is 18.6 Å². The Hall–Kier alpha value is -3.41. The van der Waals surface area contributed by atoms with Crippen LogP contribution in [-0.4, -0.2) is 72.2 Å². The van der Waals surface area contributed by atoms with E-state index in [4.69, 9.17) is 15.6 Å². The first kappa shape index (κ1) is 25.2. The number of aliphatic hydroxyl groups excluding tert-OH is 2. The largest absolute Gasteiger partial charge is 0.488 e. The Balaban J connectivity index is 1.55. The van der Waals surface area contributed by atoms with Crippen LogP contribution in [0.15, 0.2) is 24.7 Å². The molecule has 12 nitrogen and oxygen atoms in total. The Morgan fingerprint density at radius 1 is 1.24 bits per heavy atom. The molecule has 0 spiro atoms. The van der Waals surface area contributed by atoms with E-state index in [1.54, 1.807) is 10.8 Å². The molecule has 4 atom stereocenters. The smallest absolute Gasteiger partial charge is 0.333 e. The lowest BCUT2D eigenvalue weighted by Gasteiger charge is -2.28. The monoisotopic (exact) mass is 528 g/mol. The first-order valence-corrected chi connectivity index (χ1v) is 13.2. The van der Waals surface area contributed by atoms with Crippen LogP contribution >= 0.6 is 0 Å². The van der Waals surface area contributed by atoms with Crippen molar-refractivity contribution in [1.29, 1.82) is 0 Å². The van der Waals surface area contributed by atoms with Gasteiger partial charge in [-0.15, -0.1) is 0 Å². The number of benzene rings is 1. The van der Waals surface area contributed by atoms with E-state index in [2.05, 4.69) is 30.9 Å². The number of aliphatic hydroxyl groups is 2. The average molecular weight is 529 g/mol. The molecule has 0 radical (unpaired) electrons. The summed E-state index contributed by atoms with van der Waals surface area (Å²) >= 11 is 0. The number of aryl methyl sites for hydroxylation is 1. The van der Waals surface area contributed by atoms with Gasteiger partial charge in [0.15, 0.2) is 5.75 Å². The maximum atomic E-state index is 11.2. The molecule has 1 aliphatic heterocycles. The molecular weight excluding hydrogens is 500 g/mol. The van der Waals surface area contributed by atoms with Gasteiger partial charge in [0, 0.05) is 19.2 Å². The summed E-state index contributed by atoms with van der Waals surface area (Å²) in [7, 11) is -2.18. The number of nitrogen functional groups attached to an aromatic ring is 1. The predicted octanol–water partition coefficient (Wildman–Crippen LogP) is 0.0532. The maximum Gasteiger partial charge on any atom is 0.333 e. The van der Waals surface area contributed by atoms with Crippen molar-refractivity contribution in [2.24, 2.45) is 11.1 Å². The molecule has 0 saturated heterocycles. The second kappa shape index (κ2) is 9.47. The fourth-order valence-corrected chi connectivity index (χ4v) is 5.35. The number of fused-ring (bicyclic) bond motifs is 2. The highest BCUT2D eigenvalue weighted by atomic mass is 32.2. The number of anilines is 2. The molecule has 37 heavy (non-hydrogen) atoms. The van der Waals surface area contributed by atoms with Gasteiger partial charge in [0.2, 0.25) is 0 Å². The molecule has 3 aromatic rings. The fourth-order valence-electron chi connectivity index (χ4n) is 4.99. The van der Waals surface area contributed by atoms with Crippen molar-refractivity contribution in [3.8, 4) is 17.6 Å². The summed E-state index contributed by atoms with van der Waals surface area (Å²) in [5.74, 6) is 6.69. The zero-order chi connectivity index (χ0) is 26.5. The molecule has 3 heterocycles. The number of ether oxygens (including phenoxy) is 1. The summed E-state index contributed by atoms with van der Waals surface area (Å²) in [6.07, 6.45) is 0.791. The summed E-state index contributed by atoms with van der Waals surface area (Å²) in [4.78, 5) is 10.6. The Morgan fingerprint density at radius 2 is 2.03 bits per heavy atom. The lowest BCUT2D eigenvalue weighted by Crippen LogP contribution is -2.31. The van der Waals surface area contributed by atoms with Crippen molar-refractivity contribution in [2.45, 2.75) is 31.6 Å². The second-order valence-corrected chi connectivity index (χ2v) is 10.6. The minimum atomic E-state index is -4.19. The normalized spacial score (nSPS) is 23.4. The van der Waals surface area contributed by atoms with E-state index < -0.39 is 34.5 Å².